The number of carbonyl (C=O) groups is 5. The van der Waals surface area contributed by atoms with Crippen molar-refractivity contribution in [2.75, 3.05) is 45.2 Å². The fourth-order valence-corrected chi connectivity index (χ4v) is 12.9. The molecule has 19 heteroatoms. The molecule has 400 valence electrons. The highest BCUT2D eigenvalue weighted by molar-refractivity contribution is 7.91. The number of methoxy groups -OCH3 is 1. The van der Waals surface area contributed by atoms with Crippen LogP contribution in [0.2, 0.25) is 0 Å². The van der Waals surface area contributed by atoms with Crippen molar-refractivity contribution in [1.29, 1.82) is 0 Å². The molecule has 4 fully saturated rings. The molecule has 0 spiro atoms. The molecule has 5 aromatic rings. The SMILES string of the molecule is COc1ccc2c(O[C@@H]3C[C@H]4C(=O)N[C@]5(C(=O)NS(=O)(=O)C6(C)CC6)C[C@H]5C=CCCCCC[C@H](Nc5cccc(C(=O)N6CCN(C(=O)c7ccccc7)CC6)c5)C(=O)N4C3)cc(-c3nc(C(C)C)cs3)nc2c1C. The van der Waals surface area contributed by atoms with Gasteiger partial charge in [0.05, 0.1) is 29.6 Å². The third-order valence-corrected chi connectivity index (χ3v) is 18.8. The monoisotopic (exact) mass is 1070 g/mol. The number of hydrogen-bond acceptors (Lipinski definition) is 13. The largest absolute Gasteiger partial charge is 0.496 e. The number of hydrogen-bond donors (Lipinski definition) is 3. The zero-order valence-corrected chi connectivity index (χ0v) is 45.3. The van der Waals surface area contributed by atoms with Gasteiger partial charge < -0.3 is 34.8 Å². The van der Waals surface area contributed by atoms with Crippen LogP contribution >= 0.6 is 11.3 Å². The third kappa shape index (κ3) is 10.6. The van der Waals surface area contributed by atoms with Crippen LogP contribution in [0.25, 0.3) is 21.6 Å². The minimum absolute atomic E-state index is 0.00464. The Balaban J connectivity index is 0.949. The molecule has 2 saturated heterocycles. The van der Waals surface area contributed by atoms with E-state index in [9.17, 15) is 22.8 Å². The number of rotatable bonds is 12. The van der Waals surface area contributed by atoms with Crippen molar-refractivity contribution < 1.29 is 41.9 Å². The fourth-order valence-electron chi connectivity index (χ4n) is 10.6. The quantitative estimate of drug-likeness (QED) is 0.103. The van der Waals surface area contributed by atoms with E-state index in [2.05, 4.69) is 29.2 Å². The van der Waals surface area contributed by atoms with Crippen molar-refractivity contribution in [2.24, 2.45) is 5.92 Å². The maximum atomic E-state index is 15.4. The van der Waals surface area contributed by atoms with Crippen LogP contribution in [0.3, 0.4) is 0 Å². The summed E-state index contributed by atoms with van der Waals surface area (Å²) >= 11 is 1.48. The summed E-state index contributed by atoms with van der Waals surface area (Å²) in [6.07, 6.45) is 7.61. The first-order chi connectivity index (χ1) is 36.5. The lowest BCUT2D eigenvalue weighted by Gasteiger charge is -2.35. The molecule has 76 heavy (non-hydrogen) atoms. The number of aromatic nitrogens is 2. The molecule has 2 aromatic heterocycles. The van der Waals surface area contributed by atoms with Crippen LogP contribution in [0.15, 0.2) is 90.3 Å². The van der Waals surface area contributed by atoms with E-state index in [1.807, 2.05) is 66.9 Å². The van der Waals surface area contributed by atoms with Crippen LogP contribution in [0.1, 0.15) is 116 Å². The average Bonchev–Trinajstić information content (AvgIpc) is 4.24. The molecule has 0 unspecified atom stereocenters. The van der Waals surface area contributed by atoms with Gasteiger partial charge in [0.25, 0.3) is 17.7 Å². The third-order valence-electron chi connectivity index (χ3n) is 15.8. The molecule has 2 saturated carbocycles. The van der Waals surface area contributed by atoms with Crippen molar-refractivity contribution in [3.8, 4) is 22.2 Å². The lowest BCUT2D eigenvalue weighted by Crippen LogP contribution is -2.58. The van der Waals surface area contributed by atoms with Crippen LogP contribution in [0.4, 0.5) is 5.69 Å². The first-order valence-electron chi connectivity index (χ1n) is 26.4. The van der Waals surface area contributed by atoms with Crippen LogP contribution in [0.5, 0.6) is 11.5 Å². The van der Waals surface area contributed by atoms with Gasteiger partial charge in [-0.3, -0.25) is 28.7 Å². The van der Waals surface area contributed by atoms with E-state index in [1.165, 1.54) is 16.2 Å². The number of allylic oxidation sites excluding steroid dienone is 1. The molecule has 5 atom stereocenters. The number of benzene rings is 3. The van der Waals surface area contributed by atoms with Gasteiger partial charge in [-0.25, -0.2) is 18.4 Å². The lowest BCUT2D eigenvalue weighted by molar-refractivity contribution is -0.140. The van der Waals surface area contributed by atoms with Gasteiger partial charge in [-0.05, 0) is 101 Å². The normalized spacial score (nSPS) is 23.7. The smallest absolute Gasteiger partial charge is 0.259 e. The molecular formula is C57H66N8O9S2. The maximum Gasteiger partial charge on any atom is 0.259 e. The number of fused-ring (bicyclic) bond motifs is 3. The van der Waals surface area contributed by atoms with Crippen LogP contribution in [-0.4, -0.2) is 131 Å². The zero-order chi connectivity index (χ0) is 53.5. The Bertz CT molecular complexity index is 3210. The lowest BCUT2D eigenvalue weighted by atomic mass is 10.0. The van der Waals surface area contributed by atoms with Gasteiger partial charge >= 0.3 is 0 Å². The molecular weight excluding hydrogens is 1000 g/mol. The van der Waals surface area contributed by atoms with Crippen molar-refractivity contribution in [1.82, 2.24) is 34.7 Å². The number of piperazine rings is 1. The van der Waals surface area contributed by atoms with Gasteiger partial charge in [0.15, 0.2) is 0 Å². The second-order valence-corrected chi connectivity index (χ2v) is 24.5. The van der Waals surface area contributed by atoms with Gasteiger partial charge in [-0.15, -0.1) is 11.3 Å². The average molecular weight is 1070 g/mol. The Morgan fingerprint density at radius 3 is 2.30 bits per heavy atom. The molecule has 17 nitrogen and oxygen atoms in total. The van der Waals surface area contributed by atoms with Crippen LogP contribution in [0, 0.1) is 12.8 Å². The second-order valence-electron chi connectivity index (χ2n) is 21.5. The van der Waals surface area contributed by atoms with E-state index in [4.69, 9.17) is 19.4 Å². The van der Waals surface area contributed by atoms with E-state index in [0.717, 1.165) is 24.1 Å². The van der Waals surface area contributed by atoms with E-state index in [1.54, 1.807) is 54.2 Å². The minimum atomic E-state index is -4.04. The number of pyridine rings is 1. The van der Waals surface area contributed by atoms with Gasteiger partial charge in [0.1, 0.15) is 45.9 Å². The van der Waals surface area contributed by atoms with E-state index < -0.39 is 56.2 Å². The van der Waals surface area contributed by atoms with Crippen molar-refractivity contribution in [3.05, 3.63) is 113 Å². The minimum Gasteiger partial charge on any atom is -0.496 e. The molecule has 3 aliphatic heterocycles. The summed E-state index contributed by atoms with van der Waals surface area (Å²) in [5, 5.41) is 9.89. The molecule has 5 heterocycles. The summed E-state index contributed by atoms with van der Waals surface area (Å²) in [5.41, 5.74) is 2.99. The predicted octanol–water partition coefficient (Wildman–Crippen LogP) is 7.62. The summed E-state index contributed by atoms with van der Waals surface area (Å²) in [5.74, 6) is -1.17. The highest BCUT2D eigenvalue weighted by Gasteiger charge is 2.63. The van der Waals surface area contributed by atoms with Crippen molar-refractivity contribution >= 4 is 67.5 Å². The van der Waals surface area contributed by atoms with Gasteiger partial charge in [0, 0.05) is 77.7 Å². The number of amides is 5. The molecule has 5 aliphatic rings. The number of nitrogens with one attached hydrogen (secondary N) is 3. The van der Waals surface area contributed by atoms with Gasteiger partial charge in [0.2, 0.25) is 21.8 Å². The Labute approximate surface area is 447 Å². The summed E-state index contributed by atoms with van der Waals surface area (Å²) in [6.45, 7) is 9.20. The number of thiazole rings is 1. The molecule has 0 radical (unpaired) electrons. The van der Waals surface area contributed by atoms with Crippen LogP contribution < -0.4 is 24.8 Å². The Morgan fingerprint density at radius 1 is 0.882 bits per heavy atom. The zero-order valence-electron chi connectivity index (χ0n) is 43.7. The van der Waals surface area contributed by atoms with E-state index >= 15 is 9.59 Å². The molecule has 5 amide bonds. The first-order valence-corrected chi connectivity index (χ1v) is 28.8. The van der Waals surface area contributed by atoms with Crippen molar-refractivity contribution in [3.63, 3.8) is 0 Å². The Morgan fingerprint density at radius 2 is 1.61 bits per heavy atom. The van der Waals surface area contributed by atoms with Crippen LogP contribution in [-0.2, 0) is 24.4 Å². The molecule has 3 N–H and O–H groups in total. The van der Waals surface area contributed by atoms with E-state index in [0.29, 0.717) is 108 Å². The highest BCUT2D eigenvalue weighted by atomic mass is 32.2. The van der Waals surface area contributed by atoms with E-state index in [-0.39, 0.29) is 43.0 Å². The van der Waals surface area contributed by atoms with Gasteiger partial charge in [-0.1, -0.05) is 63.1 Å². The second kappa shape index (κ2) is 21.3. The standard InChI is InChI=1S/C57H66N8O9S2/c1-35(2)45-34-75-51(60-45)44-31-48(42-21-22-47(73-5)36(3)49(42)59-44)74-41-30-46-50(66)61-57(55(70)62-76(71,72)56(4)23-24-56)32-39(57)18-12-7-6-8-13-20-43(54(69)65(46)33-41)58-40-19-14-17-38(29-40)53(68)64-27-25-63(26-28-64)52(67)37-15-10-9-11-16-37/h9-12,14-19,21-22,29,31,34-35,39,41,43,46,58H,6-8,13,20,23-28,30,32-33H2,1-5H3,(H,61,66)(H,62,70)/t39-,41-,43+,46+,57-/m1/s1. The summed E-state index contributed by atoms with van der Waals surface area (Å²) in [6, 6.07) is 19.8. The summed E-state index contributed by atoms with van der Waals surface area (Å²) < 4.78 is 40.8. The number of carbonyl (C=O) groups excluding carboxylic acids is 5. The maximum absolute atomic E-state index is 15.4. The number of ether oxygens (including phenoxy) is 2. The molecule has 2 aliphatic carbocycles. The number of anilines is 1. The first kappa shape index (κ1) is 52.6. The highest BCUT2D eigenvalue weighted by Crippen LogP contribution is 2.48. The number of nitrogens with zero attached hydrogens (tertiary/aromatic N) is 5. The number of aryl methyl sites for hydroxylation is 1. The Hall–Kier alpha value is -6.86. The number of sulfonamides is 1. The molecule has 3 aromatic carbocycles. The topological polar surface area (TPSA) is 210 Å². The Kier molecular flexibility index (Phi) is 14.7. The predicted molar refractivity (Wildman–Crippen MR) is 291 cm³/mol. The van der Waals surface area contributed by atoms with Crippen molar-refractivity contribution in [2.45, 2.75) is 120 Å². The van der Waals surface area contributed by atoms with Gasteiger partial charge in [-0.2, -0.15) is 0 Å². The molecule has 10 rings (SSSR count). The fraction of sp³-hybridized carbons (Fsp3) is 0.456. The summed E-state index contributed by atoms with van der Waals surface area (Å²) in [7, 11) is -2.44. The molecule has 0 bridgehead atoms. The summed E-state index contributed by atoms with van der Waals surface area (Å²) in [4.78, 5) is 86.9.